The Kier molecular flexibility index (Phi) is 3.34. The molecule has 0 fully saturated rings. The number of phenolic OH excluding ortho intramolecular Hbond substituents is 1. The Morgan fingerprint density at radius 1 is 1.09 bits per heavy atom. The van der Waals surface area contributed by atoms with Crippen LogP contribution in [0.2, 0.25) is 0 Å². The van der Waals surface area contributed by atoms with Crippen molar-refractivity contribution in [1.82, 2.24) is 5.01 Å². The van der Waals surface area contributed by atoms with Crippen LogP contribution in [0.5, 0.6) is 11.5 Å². The number of rotatable bonds is 3. The molecule has 0 spiro atoms. The number of nitrogens with zero attached hydrogens (tertiary/aromatic N) is 2. The second-order valence-corrected chi connectivity index (χ2v) is 4.64. The highest BCUT2D eigenvalue weighted by molar-refractivity contribution is 6.21. The molecule has 0 unspecified atom stereocenters. The van der Waals surface area contributed by atoms with Crippen molar-refractivity contribution in [3.63, 3.8) is 0 Å². The number of hydrogen-bond acceptors (Lipinski definition) is 5. The number of fused-ring (bicyclic) bond motifs is 1. The molecule has 2 aromatic carbocycles. The van der Waals surface area contributed by atoms with Crippen molar-refractivity contribution < 1.29 is 19.4 Å². The number of aromatic hydroxyl groups is 1. The standard InChI is InChI=1S/C16H12N2O4/c1-22-14-8-10(6-7-13(14)19)9-17-18-15(20)11-4-2-3-5-12(11)16(18)21/h2-9,19H,1H3/b17-9-. The maximum atomic E-state index is 12.1. The van der Waals surface area contributed by atoms with E-state index in [1.165, 1.54) is 19.4 Å². The normalized spacial score (nSPS) is 13.8. The van der Waals surface area contributed by atoms with E-state index in [9.17, 15) is 14.7 Å². The SMILES string of the molecule is COc1cc(/C=N\N2C(=O)c3ccccc3C2=O)ccc1O. The first-order valence-corrected chi connectivity index (χ1v) is 6.50. The monoisotopic (exact) mass is 296 g/mol. The van der Waals surface area contributed by atoms with Crippen molar-refractivity contribution in [1.29, 1.82) is 0 Å². The lowest BCUT2D eigenvalue weighted by Crippen LogP contribution is -2.23. The van der Waals surface area contributed by atoms with E-state index in [4.69, 9.17) is 4.74 Å². The van der Waals surface area contributed by atoms with E-state index in [1.54, 1.807) is 36.4 Å². The summed E-state index contributed by atoms with van der Waals surface area (Å²) in [7, 11) is 1.43. The van der Waals surface area contributed by atoms with Crippen molar-refractivity contribution in [3.8, 4) is 11.5 Å². The average molecular weight is 296 g/mol. The fourth-order valence-electron chi connectivity index (χ4n) is 2.18. The van der Waals surface area contributed by atoms with Crippen LogP contribution < -0.4 is 4.74 Å². The van der Waals surface area contributed by atoms with Crippen LogP contribution in [0.25, 0.3) is 0 Å². The number of hydrazone groups is 1. The molecule has 1 aliphatic heterocycles. The Labute approximate surface area is 126 Å². The Balaban J connectivity index is 1.88. The van der Waals surface area contributed by atoms with E-state index in [-0.39, 0.29) is 11.5 Å². The molecule has 1 N–H and O–H groups in total. The summed E-state index contributed by atoms with van der Waals surface area (Å²) < 4.78 is 4.99. The topological polar surface area (TPSA) is 79.2 Å². The molecule has 6 heteroatoms. The van der Waals surface area contributed by atoms with Crippen LogP contribution in [-0.4, -0.2) is 35.3 Å². The molecule has 0 saturated heterocycles. The third kappa shape index (κ3) is 2.20. The van der Waals surface area contributed by atoms with Crippen LogP contribution in [0.3, 0.4) is 0 Å². The summed E-state index contributed by atoms with van der Waals surface area (Å²) in [5.74, 6) is -0.628. The lowest BCUT2D eigenvalue weighted by Gasteiger charge is -2.06. The molecule has 0 atom stereocenters. The van der Waals surface area contributed by atoms with Crippen molar-refractivity contribution >= 4 is 18.0 Å². The molecular weight excluding hydrogens is 284 g/mol. The molecule has 0 aliphatic carbocycles. The Morgan fingerprint density at radius 3 is 2.32 bits per heavy atom. The van der Waals surface area contributed by atoms with E-state index in [0.717, 1.165) is 5.01 Å². The van der Waals surface area contributed by atoms with E-state index >= 15 is 0 Å². The van der Waals surface area contributed by atoms with Crippen LogP contribution in [0.1, 0.15) is 26.3 Å². The van der Waals surface area contributed by atoms with Gasteiger partial charge >= 0.3 is 0 Å². The molecule has 1 heterocycles. The highest BCUT2D eigenvalue weighted by atomic mass is 16.5. The lowest BCUT2D eigenvalue weighted by molar-refractivity contribution is 0.0660. The molecule has 0 radical (unpaired) electrons. The smallest absolute Gasteiger partial charge is 0.282 e. The number of benzene rings is 2. The summed E-state index contributed by atoms with van der Waals surface area (Å²) in [5.41, 5.74) is 1.27. The van der Waals surface area contributed by atoms with E-state index in [1.807, 2.05) is 0 Å². The van der Waals surface area contributed by atoms with E-state index in [0.29, 0.717) is 16.7 Å². The summed E-state index contributed by atoms with van der Waals surface area (Å²) >= 11 is 0. The average Bonchev–Trinajstić information content (AvgIpc) is 2.79. The molecule has 0 bridgehead atoms. The van der Waals surface area contributed by atoms with Gasteiger partial charge in [-0.25, -0.2) is 0 Å². The van der Waals surface area contributed by atoms with Gasteiger partial charge in [-0.3, -0.25) is 9.59 Å². The Bertz CT molecular complexity index is 763. The van der Waals surface area contributed by atoms with Crippen LogP contribution in [0.15, 0.2) is 47.6 Å². The predicted molar refractivity (Wildman–Crippen MR) is 79.2 cm³/mol. The molecule has 0 aromatic heterocycles. The van der Waals surface area contributed by atoms with Gasteiger partial charge in [0.05, 0.1) is 24.5 Å². The van der Waals surface area contributed by atoms with Crippen molar-refractivity contribution in [3.05, 3.63) is 59.2 Å². The molecule has 2 amide bonds. The third-order valence-electron chi connectivity index (χ3n) is 3.30. The maximum Gasteiger partial charge on any atom is 0.282 e. The zero-order valence-corrected chi connectivity index (χ0v) is 11.7. The Hall–Kier alpha value is -3.15. The van der Waals surface area contributed by atoms with Crippen molar-refractivity contribution in [2.45, 2.75) is 0 Å². The molecule has 1 aliphatic rings. The van der Waals surface area contributed by atoms with Gasteiger partial charge in [-0.05, 0) is 35.9 Å². The van der Waals surface area contributed by atoms with Crippen LogP contribution in [0, 0.1) is 0 Å². The summed E-state index contributed by atoms with van der Waals surface area (Å²) in [6.07, 6.45) is 1.36. The van der Waals surface area contributed by atoms with Gasteiger partial charge in [0.15, 0.2) is 11.5 Å². The number of ether oxygens (including phenoxy) is 1. The van der Waals surface area contributed by atoms with Gasteiger partial charge in [0.2, 0.25) is 0 Å². The molecule has 6 nitrogen and oxygen atoms in total. The number of hydrogen-bond donors (Lipinski definition) is 1. The summed E-state index contributed by atoms with van der Waals surface area (Å²) in [6.45, 7) is 0. The van der Waals surface area contributed by atoms with E-state index in [2.05, 4.69) is 5.10 Å². The summed E-state index contributed by atoms with van der Waals surface area (Å²) in [6, 6.07) is 11.2. The fraction of sp³-hybridized carbons (Fsp3) is 0.0625. The number of imide groups is 1. The van der Waals surface area contributed by atoms with Gasteiger partial charge in [-0.15, -0.1) is 0 Å². The van der Waals surface area contributed by atoms with Gasteiger partial charge < -0.3 is 9.84 Å². The summed E-state index contributed by atoms with van der Waals surface area (Å²) in [5, 5.41) is 14.3. The number of phenols is 1. The lowest BCUT2D eigenvalue weighted by atomic mass is 10.1. The number of carbonyl (C=O) groups excluding carboxylic acids is 2. The maximum absolute atomic E-state index is 12.1. The molecular formula is C16H12N2O4. The van der Waals surface area contributed by atoms with Crippen molar-refractivity contribution in [2.75, 3.05) is 7.11 Å². The van der Waals surface area contributed by atoms with Crippen LogP contribution in [0.4, 0.5) is 0 Å². The van der Waals surface area contributed by atoms with Crippen LogP contribution in [-0.2, 0) is 0 Å². The third-order valence-corrected chi connectivity index (χ3v) is 3.30. The molecule has 110 valence electrons. The zero-order chi connectivity index (χ0) is 15.7. The minimum Gasteiger partial charge on any atom is -0.504 e. The first kappa shape index (κ1) is 13.8. The van der Waals surface area contributed by atoms with Gasteiger partial charge in [-0.1, -0.05) is 12.1 Å². The first-order chi connectivity index (χ1) is 10.6. The van der Waals surface area contributed by atoms with Gasteiger partial charge in [-0.2, -0.15) is 10.1 Å². The predicted octanol–water partition coefficient (Wildman–Crippen LogP) is 2.03. The minimum atomic E-state index is -0.456. The van der Waals surface area contributed by atoms with Crippen molar-refractivity contribution in [2.24, 2.45) is 5.10 Å². The minimum absolute atomic E-state index is 0.000352. The fourth-order valence-corrected chi connectivity index (χ4v) is 2.18. The second kappa shape index (κ2) is 5.33. The number of carbonyl (C=O) groups is 2. The highest BCUT2D eigenvalue weighted by Gasteiger charge is 2.35. The molecule has 22 heavy (non-hydrogen) atoms. The zero-order valence-electron chi connectivity index (χ0n) is 11.7. The second-order valence-electron chi connectivity index (χ2n) is 4.64. The largest absolute Gasteiger partial charge is 0.504 e. The van der Waals surface area contributed by atoms with Gasteiger partial charge in [0.25, 0.3) is 11.8 Å². The van der Waals surface area contributed by atoms with Gasteiger partial charge in [0, 0.05) is 0 Å². The first-order valence-electron chi connectivity index (χ1n) is 6.50. The quantitative estimate of drug-likeness (QED) is 0.694. The molecule has 2 aromatic rings. The number of amides is 2. The number of methoxy groups -OCH3 is 1. The highest BCUT2D eigenvalue weighted by Crippen LogP contribution is 2.26. The van der Waals surface area contributed by atoms with Crippen LogP contribution >= 0.6 is 0 Å². The Morgan fingerprint density at radius 2 is 1.73 bits per heavy atom. The molecule has 3 rings (SSSR count). The van der Waals surface area contributed by atoms with E-state index < -0.39 is 11.8 Å². The summed E-state index contributed by atoms with van der Waals surface area (Å²) in [4.78, 5) is 24.3. The van der Waals surface area contributed by atoms with Gasteiger partial charge in [0.1, 0.15) is 0 Å². The molecule has 0 saturated carbocycles.